The molecule has 0 bridgehead atoms. The Kier molecular flexibility index (Phi) is 6.18. The SMILES string of the molecule is CCN(NC(=O)[C@@H](C)OCc1ccccc1)c1ccc(C)cc1. The van der Waals surface area contributed by atoms with Gasteiger partial charge in [-0.3, -0.25) is 15.2 Å². The van der Waals surface area contributed by atoms with E-state index in [1.807, 2.05) is 73.5 Å². The third-order valence-corrected chi connectivity index (χ3v) is 3.62. The van der Waals surface area contributed by atoms with Gasteiger partial charge in [0.25, 0.3) is 5.91 Å². The molecule has 1 amide bonds. The van der Waals surface area contributed by atoms with Gasteiger partial charge >= 0.3 is 0 Å². The molecule has 0 saturated carbocycles. The number of carbonyl (C=O) groups is 1. The lowest BCUT2D eigenvalue weighted by atomic mass is 10.2. The molecular weight excluding hydrogens is 288 g/mol. The molecule has 0 spiro atoms. The number of nitrogens with zero attached hydrogens (tertiary/aromatic N) is 1. The summed E-state index contributed by atoms with van der Waals surface area (Å²) in [4.78, 5) is 12.3. The molecule has 122 valence electrons. The number of carbonyl (C=O) groups excluding carboxylic acids is 1. The summed E-state index contributed by atoms with van der Waals surface area (Å²) in [7, 11) is 0. The summed E-state index contributed by atoms with van der Waals surface area (Å²) < 4.78 is 5.65. The van der Waals surface area contributed by atoms with E-state index in [4.69, 9.17) is 4.74 Å². The zero-order valence-electron chi connectivity index (χ0n) is 14.0. The minimum atomic E-state index is -0.519. The summed E-state index contributed by atoms with van der Waals surface area (Å²) in [6.45, 7) is 6.90. The van der Waals surface area contributed by atoms with Crippen molar-refractivity contribution in [3.63, 3.8) is 0 Å². The molecule has 4 heteroatoms. The largest absolute Gasteiger partial charge is 0.364 e. The summed E-state index contributed by atoms with van der Waals surface area (Å²) in [5.74, 6) is -0.150. The van der Waals surface area contributed by atoms with Gasteiger partial charge < -0.3 is 4.74 Å². The van der Waals surface area contributed by atoms with Gasteiger partial charge in [-0.2, -0.15) is 0 Å². The Labute approximate surface area is 138 Å². The average Bonchev–Trinajstić information content (AvgIpc) is 2.59. The molecule has 0 aliphatic rings. The second-order valence-corrected chi connectivity index (χ2v) is 5.49. The van der Waals surface area contributed by atoms with Crippen molar-refractivity contribution in [1.29, 1.82) is 0 Å². The van der Waals surface area contributed by atoms with Gasteiger partial charge in [0.05, 0.1) is 12.3 Å². The Bertz CT molecular complexity index is 611. The summed E-state index contributed by atoms with van der Waals surface area (Å²) in [5, 5.41) is 1.82. The Morgan fingerprint density at radius 1 is 1.13 bits per heavy atom. The Balaban J connectivity index is 1.89. The molecule has 0 aromatic heterocycles. The normalized spacial score (nSPS) is 11.8. The van der Waals surface area contributed by atoms with Crippen molar-refractivity contribution in [2.45, 2.75) is 33.5 Å². The first-order chi connectivity index (χ1) is 11.1. The Hall–Kier alpha value is -2.33. The van der Waals surface area contributed by atoms with Gasteiger partial charge in [0.1, 0.15) is 6.10 Å². The zero-order chi connectivity index (χ0) is 16.7. The number of amides is 1. The monoisotopic (exact) mass is 312 g/mol. The zero-order valence-corrected chi connectivity index (χ0v) is 14.0. The van der Waals surface area contributed by atoms with Gasteiger partial charge in [0.15, 0.2) is 0 Å². The summed E-state index contributed by atoms with van der Waals surface area (Å²) >= 11 is 0. The van der Waals surface area contributed by atoms with Crippen molar-refractivity contribution in [2.75, 3.05) is 11.6 Å². The van der Waals surface area contributed by atoms with Crippen LogP contribution >= 0.6 is 0 Å². The molecule has 0 fully saturated rings. The Morgan fingerprint density at radius 3 is 2.39 bits per heavy atom. The van der Waals surface area contributed by atoms with Crippen LogP contribution in [0.25, 0.3) is 0 Å². The van der Waals surface area contributed by atoms with Gasteiger partial charge in [0, 0.05) is 6.54 Å². The maximum atomic E-state index is 12.3. The molecule has 4 nitrogen and oxygen atoms in total. The fraction of sp³-hybridized carbons (Fsp3) is 0.316. The first-order valence-corrected chi connectivity index (χ1v) is 7.90. The quantitative estimate of drug-likeness (QED) is 0.796. The third kappa shape index (κ3) is 5.11. The highest BCUT2D eigenvalue weighted by Crippen LogP contribution is 2.13. The van der Waals surface area contributed by atoms with E-state index in [1.165, 1.54) is 5.56 Å². The van der Waals surface area contributed by atoms with Crippen LogP contribution in [-0.4, -0.2) is 18.6 Å². The van der Waals surface area contributed by atoms with Gasteiger partial charge in [-0.1, -0.05) is 48.0 Å². The van der Waals surface area contributed by atoms with Crippen molar-refractivity contribution < 1.29 is 9.53 Å². The number of hydrogen-bond acceptors (Lipinski definition) is 3. The van der Waals surface area contributed by atoms with Crippen LogP contribution in [0.4, 0.5) is 5.69 Å². The number of benzene rings is 2. The standard InChI is InChI=1S/C19H24N2O2/c1-4-21(18-12-10-15(2)11-13-18)20-19(22)16(3)23-14-17-8-6-5-7-9-17/h5-13,16H,4,14H2,1-3H3,(H,20,22)/t16-/m1/s1. The molecule has 2 rings (SSSR count). The molecule has 0 saturated heterocycles. The maximum absolute atomic E-state index is 12.3. The molecular formula is C19H24N2O2. The number of anilines is 1. The highest BCUT2D eigenvalue weighted by molar-refractivity contribution is 5.82. The topological polar surface area (TPSA) is 41.6 Å². The van der Waals surface area contributed by atoms with Crippen LogP contribution in [0.3, 0.4) is 0 Å². The first-order valence-electron chi connectivity index (χ1n) is 7.90. The number of aryl methyl sites for hydroxylation is 1. The highest BCUT2D eigenvalue weighted by atomic mass is 16.5. The highest BCUT2D eigenvalue weighted by Gasteiger charge is 2.16. The van der Waals surface area contributed by atoms with Crippen molar-refractivity contribution in [2.24, 2.45) is 0 Å². The van der Waals surface area contributed by atoms with Crippen molar-refractivity contribution in [3.8, 4) is 0 Å². The number of nitrogens with one attached hydrogen (secondary N) is 1. The molecule has 1 N–H and O–H groups in total. The van der Waals surface area contributed by atoms with E-state index in [2.05, 4.69) is 5.43 Å². The van der Waals surface area contributed by atoms with E-state index in [1.54, 1.807) is 6.92 Å². The number of rotatable bonds is 7. The molecule has 0 heterocycles. The molecule has 0 radical (unpaired) electrons. The Morgan fingerprint density at radius 2 is 1.78 bits per heavy atom. The summed E-state index contributed by atoms with van der Waals surface area (Å²) in [6.07, 6.45) is -0.519. The lowest BCUT2D eigenvalue weighted by Crippen LogP contribution is -2.46. The van der Waals surface area contributed by atoms with E-state index in [0.717, 1.165) is 11.3 Å². The molecule has 0 aliphatic heterocycles. The van der Waals surface area contributed by atoms with Gasteiger partial charge in [-0.15, -0.1) is 0 Å². The summed E-state index contributed by atoms with van der Waals surface area (Å²) in [6, 6.07) is 17.9. The van der Waals surface area contributed by atoms with E-state index >= 15 is 0 Å². The lowest BCUT2D eigenvalue weighted by Gasteiger charge is -2.25. The van der Waals surface area contributed by atoms with Gasteiger partial charge in [-0.05, 0) is 38.5 Å². The molecule has 0 aliphatic carbocycles. The number of ether oxygens (including phenoxy) is 1. The second-order valence-electron chi connectivity index (χ2n) is 5.49. The van der Waals surface area contributed by atoms with Crippen molar-refractivity contribution in [1.82, 2.24) is 5.43 Å². The van der Waals surface area contributed by atoms with Gasteiger partial charge in [0.2, 0.25) is 0 Å². The van der Waals surface area contributed by atoms with Crippen LogP contribution in [0.1, 0.15) is 25.0 Å². The predicted molar refractivity (Wildman–Crippen MR) is 93.0 cm³/mol. The van der Waals surface area contributed by atoms with Crippen LogP contribution in [0.15, 0.2) is 54.6 Å². The van der Waals surface area contributed by atoms with Crippen LogP contribution in [0, 0.1) is 6.92 Å². The van der Waals surface area contributed by atoms with Crippen LogP contribution in [0.5, 0.6) is 0 Å². The minimum Gasteiger partial charge on any atom is -0.364 e. The fourth-order valence-corrected chi connectivity index (χ4v) is 2.15. The molecule has 0 unspecified atom stereocenters. The predicted octanol–water partition coefficient (Wildman–Crippen LogP) is 3.46. The molecule has 23 heavy (non-hydrogen) atoms. The number of hydrogen-bond donors (Lipinski definition) is 1. The lowest BCUT2D eigenvalue weighted by molar-refractivity contribution is -0.132. The third-order valence-electron chi connectivity index (χ3n) is 3.62. The fourth-order valence-electron chi connectivity index (χ4n) is 2.15. The maximum Gasteiger partial charge on any atom is 0.267 e. The van der Waals surface area contributed by atoms with E-state index in [-0.39, 0.29) is 5.91 Å². The van der Waals surface area contributed by atoms with Crippen molar-refractivity contribution in [3.05, 3.63) is 65.7 Å². The average molecular weight is 312 g/mol. The molecule has 2 aromatic carbocycles. The van der Waals surface area contributed by atoms with Crippen molar-refractivity contribution >= 4 is 11.6 Å². The van der Waals surface area contributed by atoms with E-state index < -0.39 is 6.10 Å². The van der Waals surface area contributed by atoms with E-state index in [9.17, 15) is 4.79 Å². The van der Waals surface area contributed by atoms with Crippen LogP contribution in [0.2, 0.25) is 0 Å². The smallest absolute Gasteiger partial charge is 0.267 e. The van der Waals surface area contributed by atoms with Crippen LogP contribution < -0.4 is 10.4 Å². The van der Waals surface area contributed by atoms with Crippen LogP contribution in [-0.2, 0) is 16.1 Å². The van der Waals surface area contributed by atoms with E-state index in [0.29, 0.717) is 13.2 Å². The van der Waals surface area contributed by atoms with Gasteiger partial charge in [-0.25, -0.2) is 0 Å². The molecule has 2 aromatic rings. The first kappa shape index (κ1) is 17.0. The number of hydrazine groups is 1. The summed E-state index contributed by atoms with van der Waals surface area (Å²) in [5.41, 5.74) is 6.11. The molecule has 1 atom stereocenters. The minimum absolute atomic E-state index is 0.150. The second kappa shape index (κ2) is 8.34.